The first-order valence-corrected chi connectivity index (χ1v) is 3.09. The Morgan fingerprint density at radius 3 is 3.09 bits per heavy atom. The van der Waals surface area contributed by atoms with Gasteiger partial charge in [0, 0.05) is 6.20 Å². The van der Waals surface area contributed by atoms with Gasteiger partial charge in [0.2, 0.25) is 0 Å². The maximum Gasteiger partial charge on any atom is 0.275 e. The lowest BCUT2D eigenvalue weighted by atomic mass is 10.3. The van der Waals surface area contributed by atoms with Crippen molar-refractivity contribution in [3.63, 3.8) is 0 Å². The van der Waals surface area contributed by atoms with Crippen molar-refractivity contribution in [2.24, 2.45) is 0 Å². The molecule has 56 valence electrons. The van der Waals surface area contributed by atoms with E-state index in [0.717, 1.165) is 0 Å². The normalized spacial score (nSPS) is 10.5. The third kappa shape index (κ3) is 0.706. The van der Waals surface area contributed by atoms with Crippen LogP contribution in [0, 0.1) is 0 Å². The number of aromatic nitrogens is 3. The molecule has 0 aliphatic heterocycles. The molecule has 11 heavy (non-hydrogen) atoms. The second kappa shape index (κ2) is 1.85. The van der Waals surface area contributed by atoms with Crippen LogP contribution in [-0.2, 0) is 0 Å². The Morgan fingerprint density at radius 2 is 2.36 bits per heavy atom. The first-order valence-electron chi connectivity index (χ1n) is 3.09. The van der Waals surface area contributed by atoms with Gasteiger partial charge < -0.3 is 10.7 Å². The van der Waals surface area contributed by atoms with Crippen molar-refractivity contribution < 1.29 is 0 Å². The first-order chi connectivity index (χ1) is 5.29. The Balaban J connectivity index is 3.08. The van der Waals surface area contributed by atoms with Crippen molar-refractivity contribution in [2.75, 3.05) is 5.73 Å². The molecule has 0 aliphatic rings. The van der Waals surface area contributed by atoms with Crippen molar-refractivity contribution in [2.45, 2.75) is 0 Å². The van der Waals surface area contributed by atoms with E-state index in [4.69, 9.17) is 5.73 Å². The molecule has 0 spiro atoms. The average Bonchev–Trinajstić information content (AvgIpc) is 2.34. The fraction of sp³-hybridized carbons (Fsp3) is 0. The summed E-state index contributed by atoms with van der Waals surface area (Å²) in [6, 6.07) is 0. The molecule has 0 amide bonds. The Kier molecular flexibility index (Phi) is 1.00. The van der Waals surface area contributed by atoms with E-state index in [2.05, 4.69) is 15.2 Å². The van der Waals surface area contributed by atoms with Crippen molar-refractivity contribution in [3.05, 3.63) is 22.7 Å². The number of rotatable bonds is 0. The van der Waals surface area contributed by atoms with E-state index in [9.17, 15) is 4.79 Å². The molecular weight excluding hydrogens is 144 g/mol. The van der Waals surface area contributed by atoms with Gasteiger partial charge in [0.05, 0.1) is 22.8 Å². The van der Waals surface area contributed by atoms with E-state index >= 15 is 0 Å². The van der Waals surface area contributed by atoms with Crippen molar-refractivity contribution in [1.82, 2.24) is 15.2 Å². The van der Waals surface area contributed by atoms with Crippen molar-refractivity contribution >= 4 is 16.6 Å². The van der Waals surface area contributed by atoms with Gasteiger partial charge in [-0.25, -0.2) is 5.10 Å². The van der Waals surface area contributed by atoms with Crippen LogP contribution in [0.2, 0.25) is 0 Å². The molecule has 0 atom stereocenters. The van der Waals surface area contributed by atoms with Crippen LogP contribution < -0.4 is 11.3 Å². The van der Waals surface area contributed by atoms with Crippen LogP contribution in [0.1, 0.15) is 0 Å². The van der Waals surface area contributed by atoms with E-state index in [1.165, 1.54) is 6.20 Å². The molecule has 0 unspecified atom stereocenters. The van der Waals surface area contributed by atoms with Crippen molar-refractivity contribution in [1.29, 1.82) is 0 Å². The van der Waals surface area contributed by atoms with E-state index in [1.807, 2.05) is 0 Å². The summed E-state index contributed by atoms with van der Waals surface area (Å²) in [5.41, 5.74) is 6.34. The quantitative estimate of drug-likeness (QED) is 0.487. The van der Waals surface area contributed by atoms with Crippen LogP contribution in [0.25, 0.3) is 10.9 Å². The molecule has 0 saturated heterocycles. The molecular formula is C6H6N4O. The molecule has 2 rings (SSSR count). The maximum absolute atomic E-state index is 11.0. The molecule has 5 heteroatoms. The third-order valence-electron chi connectivity index (χ3n) is 1.53. The number of nitrogens with zero attached hydrogens (tertiary/aromatic N) is 1. The van der Waals surface area contributed by atoms with Gasteiger partial charge in [0.1, 0.15) is 0 Å². The molecule has 0 aromatic carbocycles. The van der Waals surface area contributed by atoms with E-state index in [0.29, 0.717) is 16.6 Å². The smallest absolute Gasteiger partial charge is 0.275 e. The number of nitrogens with one attached hydrogen (secondary N) is 2. The van der Waals surface area contributed by atoms with E-state index in [-0.39, 0.29) is 5.56 Å². The summed E-state index contributed by atoms with van der Waals surface area (Å²) >= 11 is 0. The van der Waals surface area contributed by atoms with Gasteiger partial charge >= 0.3 is 0 Å². The van der Waals surface area contributed by atoms with Crippen LogP contribution >= 0.6 is 0 Å². The van der Waals surface area contributed by atoms with Gasteiger partial charge in [-0.2, -0.15) is 5.10 Å². The maximum atomic E-state index is 11.0. The van der Waals surface area contributed by atoms with Crippen LogP contribution in [0.4, 0.5) is 5.69 Å². The molecule has 2 heterocycles. The minimum Gasteiger partial charge on any atom is -0.397 e. The van der Waals surface area contributed by atoms with Crippen LogP contribution in [0.15, 0.2) is 17.2 Å². The fourth-order valence-electron chi connectivity index (χ4n) is 1.02. The highest BCUT2D eigenvalue weighted by atomic mass is 16.1. The number of aromatic amines is 2. The molecule has 0 saturated carbocycles. The standard InChI is InChI=1S/C6H6N4O/c7-3-1-8-4-2-9-10-6(11)5(3)4/h1-2,8H,7H2,(H,10,11). The van der Waals surface area contributed by atoms with E-state index < -0.39 is 0 Å². The van der Waals surface area contributed by atoms with Gasteiger partial charge in [-0.1, -0.05) is 0 Å². The number of anilines is 1. The highest BCUT2D eigenvalue weighted by Gasteiger charge is 2.02. The van der Waals surface area contributed by atoms with Gasteiger partial charge in [-0.05, 0) is 0 Å². The Hall–Kier alpha value is -1.78. The molecule has 5 nitrogen and oxygen atoms in total. The lowest BCUT2D eigenvalue weighted by Gasteiger charge is -1.86. The number of nitrogen functional groups attached to an aromatic ring is 1. The second-order valence-electron chi connectivity index (χ2n) is 2.23. The summed E-state index contributed by atoms with van der Waals surface area (Å²) in [7, 11) is 0. The number of hydrogen-bond donors (Lipinski definition) is 3. The van der Waals surface area contributed by atoms with Crippen LogP contribution in [-0.4, -0.2) is 15.2 Å². The molecule has 2 aromatic rings. The Labute approximate surface area is 61.2 Å². The fourth-order valence-corrected chi connectivity index (χ4v) is 1.02. The molecule has 0 aliphatic carbocycles. The second-order valence-corrected chi connectivity index (χ2v) is 2.23. The largest absolute Gasteiger partial charge is 0.397 e. The van der Waals surface area contributed by atoms with Gasteiger partial charge in [0.25, 0.3) is 5.56 Å². The zero-order valence-corrected chi connectivity index (χ0v) is 5.59. The average molecular weight is 150 g/mol. The van der Waals surface area contributed by atoms with Crippen LogP contribution in [0.3, 0.4) is 0 Å². The molecule has 0 fully saturated rings. The zero-order chi connectivity index (χ0) is 7.84. The summed E-state index contributed by atoms with van der Waals surface area (Å²) in [6.07, 6.45) is 3.09. The predicted molar refractivity (Wildman–Crippen MR) is 41.1 cm³/mol. The summed E-state index contributed by atoms with van der Waals surface area (Å²) in [6.45, 7) is 0. The summed E-state index contributed by atoms with van der Waals surface area (Å²) in [4.78, 5) is 13.9. The third-order valence-corrected chi connectivity index (χ3v) is 1.53. The van der Waals surface area contributed by atoms with Crippen LogP contribution in [0.5, 0.6) is 0 Å². The first kappa shape index (κ1) is 5.96. The summed E-state index contributed by atoms with van der Waals surface area (Å²) in [5.74, 6) is 0. The molecule has 4 N–H and O–H groups in total. The minimum atomic E-state index is -0.263. The molecule has 0 radical (unpaired) electrons. The lowest BCUT2D eigenvalue weighted by Crippen LogP contribution is -2.07. The zero-order valence-electron chi connectivity index (χ0n) is 5.59. The molecule has 2 aromatic heterocycles. The minimum absolute atomic E-state index is 0.263. The summed E-state index contributed by atoms with van der Waals surface area (Å²) in [5, 5.41) is 6.37. The topological polar surface area (TPSA) is 87.6 Å². The van der Waals surface area contributed by atoms with Crippen molar-refractivity contribution in [3.8, 4) is 0 Å². The van der Waals surface area contributed by atoms with Gasteiger partial charge in [-0.3, -0.25) is 4.79 Å². The number of fused-ring (bicyclic) bond motifs is 1. The molecule has 0 bridgehead atoms. The number of hydrogen-bond acceptors (Lipinski definition) is 3. The summed E-state index contributed by atoms with van der Waals surface area (Å²) < 4.78 is 0. The van der Waals surface area contributed by atoms with Gasteiger partial charge in [-0.15, -0.1) is 0 Å². The van der Waals surface area contributed by atoms with E-state index in [1.54, 1.807) is 6.20 Å². The Bertz CT molecular complexity index is 441. The SMILES string of the molecule is Nc1c[nH]c2cn[nH]c(=O)c12. The number of H-pyrrole nitrogens is 2. The Morgan fingerprint density at radius 1 is 1.55 bits per heavy atom. The predicted octanol–water partition coefficient (Wildman–Crippen LogP) is -0.167. The monoisotopic (exact) mass is 150 g/mol. The van der Waals surface area contributed by atoms with Gasteiger partial charge in [0.15, 0.2) is 0 Å². The highest BCUT2D eigenvalue weighted by Crippen LogP contribution is 2.12. The lowest BCUT2D eigenvalue weighted by molar-refractivity contribution is 1.01. The number of nitrogens with two attached hydrogens (primary N) is 1. The highest BCUT2D eigenvalue weighted by molar-refractivity contribution is 5.89.